The van der Waals surface area contributed by atoms with Crippen molar-refractivity contribution in [3.8, 4) is 0 Å². The number of fused-ring (bicyclic) bond motifs is 1. The lowest BCUT2D eigenvalue weighted by atomic mass is 10.2. The molecule has 18 heavy (non-hydrogen) atoms. The van der Waals surface area contributed by atoms with Crippen LogP contribution in [0.3, 0.4) is 0 Å². The van der Waals surface area contributed by atoms with Gasteiger partial charge < -0.3 is 9.55 Å². The molecule has 0 atom stereocenters. The number of H-pyrrole nitrogens is 1. The SMILES string of the molecule is Cn1cnc(=NCc2ccccc2)c2[nH]cnc21. The van der Waals surface area contributed by atoms with Crippen LogP contribution < -0.4 is 5.49 Å². The first-order chi connectivity index (χ1) is 8.84. The number of imidazole rings is 1. The van der Waals surface area contributed by atoms with Gasteiger partial charge in [-0.3, -0.25) is 4.99 Å². The molecule has 0 amide bonds. The summed E-state index contributed by atoms with van der Waals surface area (Å²) in [5.41, 5.74) is 3.59. The van der Waals surface area contributed by atoms with Crippen LogP contribution in [0.15, 0.2) is 48.0 Å². The first kappa shape index (κ1) is 10.7. The average molecular weight is 239 g/mol. The van der Waals surface area contributed by atoms with E-state index in [-0.39, 0.29) is 0 Å². The predicted molar refractivity (Wildman–Crippen MR) is 68.6 cm³/mol. The molecule has 0 aliphatic carbocycles. The summed E-state index contributed by atoms with van der Waals surface area (Å²) in [4.78, 5) is 16.2. The van der Waals surface area contributed by atoms with Crippen LogP contribution in [-0.4, -0.2) is 19.5 Å². The van der Waals surface area contributed by atoms with Gasteiger partial charge in [0.1, 0.15) is 5.52 Å². The molecule has 90 valence electrons. The Kier molecular flexibility index (Phi) is 2.64. The van der Waals surface area contributed by atoms with Crippen molar-refractivity contribution in [1.29, 1.82) is 0 Å². The molecular formula is C13H13N5. The van der Waals surface area contributed by atoms with Crippen molar-refractivity contribution in [2.75, 3.05) is 0 Å². The third kappa shape index (κ3) is 1.90. The van der Waals surface area contributed by atoms with Gasteiger partial charge in [-0.15, -0.1) is 0 Å². The minimum atomic E-state index is 0.621. The Bertz CT molecular complexity index is 724. The van der Waals surface area contributed by atoms with E-state index in [1.54, 1.807) is 12.7 Å². The Labute approximate surface area is 104 Å². The van der Waals surface area contributed by atoms with E-state index in [1.165, 1.54) is 5.56 Å². The Morgan fingerprint density at radius 2 is 2.06 bits per heavy atom. The number of hydrogen-bond donors (Lipinski definition) is 1. The van der Waals surface area contributed by atoms with Gasteiger partial charge in [0.25, 0.3) is 0 Å². The molecule has 2 heterocycles. The lowest BCUT2D eigenvalue weighted by molar-refractivity contribution is 0.866. The third-order valence-corrected chi connectivity index (χ3v) is 2.78. The molecule has 3 aromatic rings. The van der Waals surface area contributed by atoms with E-state index < -0.39 is 0 Å². The Morgan fingerprint density at radius 3 is 2.89 bits per heavy atom. The fourth-order valence-electron chi connectivity index (χ4n) is 1.85. The van der Waals surface area contributed by atoms with E-state index >= 15 is 0 Å². The number of aromatic amines is 1. The van der Waals surface area contributed by atoms with Gasteiger partial charge in [0.2, 0.25) is 0 Å². The van der Waals surface area contributed by atoms with Crippen molar-refractivity contribution in [1.82, 2.24) is 19.5 Å². The minimum Gasteiger partial charge on any atom is -0.340 e. The number of aromatic nitrogens is 4. The third-order valence-electron chi connectivity index (χ3n) is 2.78. The topological polar surface area (TPSA) is 58.9 Å². The van der Waals surface area contributed by atoms with E-state index in [0.717, 1.165) is 11.2 Å². The Balaban J connectivity index is 2.04. The van der Waals surface area contributed by atoms with Crippen molar-refractivity contribution < 1.29 is 0 Å². The van der Waals surface area contributed by atoms with E-state index in [0.29, 0.717) is 12.0 Å². The maximum absolute atomic E-state index is 4.52. The Hall–Kier alpha value is -2.43. The molecule has 5 heteroatoms. The Morgan fingerprint density at radius 1 is 1.22 bits per heavy atom. The van der Waals surface area contributed by atoms with E-state index in [1.807, 2.05) is 29.8 Å². The fourth-order valence-corrected chi connectivity index (χ4v) is 1.85. The molecule has 3 rings (SSSR count). The van der Waals surface area contributed by atoms with Crippen LogP contribution >= 0.6 is 0 Å². The highest BCUT2D eigenvalue weighted by atomic mass is 15.1. The second kappa shape index (κ2) is 4.44. The van der Waals surface area contributed by atoms with E-state index in [4.69, 9.17) is 0 Å². The van der Waals surface area contributed by atoms with Crippen LogP contribution in [0, 0.1) is 0 Å². The van der Waals surface area contributed by atoms with Crippen molar-refractivity contribution in [3.05, 3.63) is 54.0 Å². The largest absolute Gasteiger partial charge is 0.340 e. The van der Waals surface area contributed by atoms with Gasteiger partial charge in [0.15, 0.2) is 11.1 Å². The van der Waals surface area contributed by atoms with Crippen LogP contribution in [0.1, 0.15) is 5.56 Å². The van der Waals surface area contributed by atoms with E-state index in [9.17, 15) is 0 Å². The van der Waals surface area contributed by atoms with Gasteiger partial charge in [-0.25, -0.2) is 9.97 Å². The second-order valence-corrected chi connectivity index (χ2v) is 4.08. The zero-order valence-corrected chi connectivity index (χ0v) is 10.0. The molecule has 0 unspecified atom stereocenters. The molecular weight excluding hydrogens is 226 g/mol. The van der Waals surface area contributed by atoms with Crippen molar-refractivity contribution >= 4 is 11.2 Å². The summed E-state index contributed by atoms with van der Waals surface area (Å²) in [5, 5.41) is 0. The summed E-state index contributed by atoms with van der Waals surface area (Å²) in [7, 11) is 1.91. The first-order valence-corrected chi connectivity index (χ1v) is 5.74. The number of benzene rings is 1. The molecule has 0 saturated heterocycles. The summed E-state index contributed by atoms with van der Waals surface area (Å²) < 4.78 is 1.87. The quantitative estimate of drug-likeness (QED) is 0.734. The number of aryl methyl sites for hydroxylation is 1. The molecule has 0 aliphatic heterocycles. The lowest BCUT2D eigenvalue weighted by Gasteiger charge is -1.99. The van der Waals surface area contributed by atoms with Crippen LogP contribution in [0.2, 0.25) is 0 Å². The van der Waals surface area contributed by atoms with Crippen LogP contribution in [0.4, 0.5) is 0 Å². The monoisotopic (exact) mass is 239 g/mol. The molecule has 2 aromatic heterocycles. The zero-order chi connectivity index (χ0) is 12.4. The van der Waals surface area contributed by atoms with Gasteiger partial charge in [0.05, 0.1) is 19.2 Å². The highest BCUT2D eigenvalue weighted by molar-refractivity contribution is 5.68. The summed E-state index contributed by atoms with van der Waals surface area (Å²) in [6.07, 6.45) is 3.39. The lowest BCUT2D eigenvalue weighted by Crippen LogP contribution is -2.13. The first-order valence-electron chi connectivity index (χ1n) is 5.74. The predicted octanol–water partition coefficient (Wildman–Crippen LogP) is 1.40. The summed E-state index contributed by atoms with van der Waals surface area (Å²) in [6, 6.07) is 10.1. The van der Waals surface area contributed by atoms with Crippen molar-refractivity contribution in [2.45, 2.75) is 6.54 Å². The van der Waals surface area contributed by atoms with Gasteiger partial charge in [-0.05, 0) is 5.56 Å². The molecule has 0 fully saturated rings. The summed E-state index contributed by atoms with van der Waals surface area (Å²) >= 11 is 0. The maximum atomic E-state index is 4.52. The standard InChI is InChI=1S/C13H13N5/c1-18-9-17-12(11-13(18)16-8-15-11)14-7-10-5-3-2-4-6-10/h2-6,8-9H,7H2,1H3,(H,15,16). The maximum Gasteiger partial charge on any atom is 0.177 e. The molecule has 5 nitrogen and oxygen atoms in total. The van der Waals surface area contributed by atoms with Crippen LogP contribution in [0.5, 0.6) is 0 Å². The number of nitrogens with one attached hydrogen (secondary N) is 1. The smallest absolute Gasteiger partial charge is 0.177 e. The molecule has 0 spiro atoms. The normalized spacial score (nSPS) is 12.2. The van der Waals surface area contributed by atoms with E-state index in [2.05, 4.69) is 32.1 Å². The molecule has 0 saturated carbocycles. The van der Waals surface area contributed by atoms with Crippen molar-refractivity contribution in [2.24, 2.45) is 12.0 Å². The molecule has 0 radical (unpaired) electrons. The molecule has 1 N–H and O–H groups in total. The highest BCUT2D eigenvalue weighted by Crippen LogP contribution is 2.02. The van der Waals surface area contributed by atoms with Crippen LogP contribution in [0.25, 0.3) is 11.2 Å². The van der Waals surface area contributed by atoms with Crippen LogP contribution in [-0.2, 0) is 13.6 Å². The molecule has 0 aliphatic rings. The van der Waals surface area contributed by atoms with Gasteiger partial charge >= 0.3 is 0 Å². The number of hydrogen-bond acceptors (Lipinski definition) is 3. The molecule has 1 aromatic carbocycles. The summed E-state index contributed by atoms with van der Waals surface area (Å²) in [6.45, 7) is 0.621. The molecule has 0 bridgehead atoms. The number of nitrogens with zero attached hydrogens (tertiary/aromatic N) is 4. The second-order valence-electron chi connectivity index (χ2n) is 4.08. The highest BCUT2D eigenvalue weighted by Gasteiger charge is 2.01. The number of rotatable bonds is 2. The fraction of sp³-hybridized carbons (Fsp3) is 0.154. The van der Waals surface area contributed by atoms with Gasteiger partial charge in [-0.1, -0.05) is 30.3 Å². The van der Waals surface area contributed by atoms with Gasteiger partial charge in [-0.2, -0.15) is 0 Å². The van der Waals surface area contributed by atoms with Crippen molar-refractivity contribution in [3.63, 3.8) is 0 Å². The van der Waals surface area contributed by atoms with Gasteiger partial charge in [0, 0.05) is 7.05 Å². The summed E-state index contributed by atoms with van der Waals surface area (Å²) in [5.74, 6) is 0. The zero-order valence-electron chi connectivity index (χ0n) is 10.0. The average Bonchev–Trinajstić information content (AvgIpc) is 2.90. The minimum absolute atomic E-state index is 0.621.